The van der Waals surface area contributed by atoms with Crippen molar-refractivity contribution in [1.29, 1.82) is 0 Å². The molecule has 20 heavy (non-hydrogen) atoms. The second-order valence-electron chi connectivity index (χ2n) is 3.91. The van der Waals surface area contributed by atoms with Crippen molar-refractivity contribution < 1.29 is 18.0 Å². The van der Waals surface area contributed by atoms with Gasteiger partial charge in [-0.15, -0.1) is 0 Å². The second kappa shape index (κ2) is 7.98. The van der Waals surface area contributed by atoms with Gasteiger partial charge >= 0.3 is 5.51 Å². The number of hydrogen-bond donors (Lipinski definition) is 2. The van der Waals surface area contributed by atoms with E-state index in [2.05, 4.69) is 15.6 Å². The van der Waals surface area contributed by atoms with Gasteiger partial charge in [0.1, 0.15) is 5.69 Å². The van der Waals surface area contributed by atoms with E-state index in [1.165, 1.54) is 6.20 Å². The predicted octanol–water partition coefficient (Wildman–Crippen LogP) is 2.89. The maximum atomic E-state index is 11.9. The molecule has 1 aromatic rings. The van der Waals surface area contributed by atoms with E-state index in [9.17, 15) is 18.0 Å². The van der Waals surface area contributed by atoms with E-state index in [1.807, 2.05) is 6.92 Å². The standard InChI is InChI=1S/C12H16F3N3OS/c1-2-4-16-9-3-5-17-10(8-9)11(19)18-6-7-20-12(13,14)15/h3,5,8H,2,4,6-7H2,1H3,(H,16,17)(H,18,19). The molecule has 112 valence electrons. The summed E-state index contributed by atoms with van der Waals surface area (Å²) in [6.45, 7) is 2.73. The average Bonchev–Trinajstić information content (AvgIpc) is 2.40. The molecule has 0 fully saturated rings. The summed E-state index contributed by atoms with van der Waals surface area (Å²) in [5.74, 6) is -0.698. The van der Waals surface area contributed by atoms with Gasteiger partial charge < -0.3 is 10.6 Å². The number of carbonyl (C=O) groups is 1. The van der Waals surface area contributed by atoms with Crippen LogP contribution in [0.2, 0.25) is 0 Å². The minimum absolute atomic E-state index is 0.0582. The van der Waals surface area contributed by atoms with Crippen LogP contribution in [-0.2, 0) is 0 Å². The molecule has 0 aliphatic rings. The van der Waals surface area contributed by atoms with Gasteiger partial charge in [-0.3, -0.25) is 9.78 Å². The summed E-state index contributed by atoms with van der Waals surface area (Å²) in [7, 11) is 0. The van der Waals surface area contributed by atoms with Crippen molar-refractivity contribution in [3.63, 3.8) is 0 Å². The van der Waals surface area contributed by atoms with E-state index in [-0.39, 0.29) is 29.8 Å². The lowest BCUT2D eigenvalue weighted by Crippen LogP contribution is -2.27. The number of nitrogens with one attached hydrogen (secondary N) is 2. The lowest BCUT2D eigenvalue weighted by Gasteiger charge is -2.08. The van der Waals surface area contributed by atoms with Gasteiger partial charge in [-0.2, -0.15) is 13.2 Å². The van der Waals surface area contributed by atoms with Crippen LogP contribution in [0.3, 0.4) is 0 Å². The highest BCUT2D eigenvalue weighted by Gasteiger charge is 2.27. The topological polar surface area (TPSA) is 54.0 Å². The number of halogens is 3. The van der Waals surface area contributed by atoms with Crippen LogP contribution in [-0.4, -0.2) is 35.2 Å². The lowest BCUT2D eigenvalue weighted by molar-refractivity contribution is -0.0327. The molecule has 1 rings (SSSR count). The Morgan fingerprint density at radius 2 is 2.15 bits per heavy atom. The highest BCUT2D eigenvalue weighted by Crippen LogP contribution is 2.29. The molecule has 1 amide bonds. The van der Waals surface area contributed by atoms with Crippen molar-refractivity contribution in [3.8, 4) is 0 Å². The van der Waals surface area contributed by atoms with E-state index >= 15 is 0 Å². The summed E-state index contributed by atoms with van der Waals surface area (Å²) in [6.07, 6.45) is 2.43. The summed E-state index contributed by atoms with van der Waals surface area (Å²) in [6, 6.07) is 3.30. The monoisotopic (exact) mass is 307 g/mol. The Balaban J connectivity index is 2.43. The maximum absolute atomic E-state index is 11.9. The molecule has 0 atom stereocenters. The molecule has 0 saturated heterocycles. The zero-order chi connectivity index (χ0) is 15.0. The van der Waals surface area contributed by atoms with Crippen LogP contribution < -0.4 is 10.6 Å². The lowest BCUT2D eigenvalue weighted by atomic mass is 10.3. The Morgan fingerprint density at radius 3 is 2.80 bits per heavy atom. The van der Waals surface area contributed by atoms with Crippen LogP contribution in [0, 0.1) is 0 Å². The summed E-state index contributed by atoms with van der Waals surface area (Å²) in [4.78, 5) is 15.6. The first-order valence-electron chi connectivity index (χ1n) is 6.11. The van der Waals surface area contributed by atoms with Crippen molar-refractivity contribution >= 4 is 23.4 Å². The van der Waals surface area contributed by atoms with E-state index in [0.29, 0.717) is 0 Å². The first-order chi connectivity index (χ1) is 9.42. The summed E-state index contributed by atoms with van der Waals surface area (Å²) in [5.41, 5.74) is -3.33. The molecule has 0 saturated carbocycles. The first kappa shape index (κ1) is 16.6. The molecule has 1 aromatic heterocycles. The summed E-state index contributed by atoms with van der Waals surface area (Å²) in [5, 5.41) is 5.51. The van der Waals surface area contributed by atoms with Gasteiger partial charge in [-0.1, -0.05) is 6.92 Å². The largest absolute Gasteiger partial charge is 0.441 e. The van der Waals surface area contributed by atoms with Gasteiger partial charge in [0.2, 0.25) is 0 Å². The van der Waals surface area contributed by atoms with Crippen LogP contribution in [0.25, 0.3) is 0 Å². The highest BCUT2D eigenvalue weighted by molar-refractivity contribution is 8.00. The van der Waals surface area contributed by atoms with Crippen molar-refractivity contribution in [2.45, 2.75) is 18.9 Å². The summed E-state index contributed by atoms with van der Waals surface area (Å²) < 4.78 is 35.7. The number of alkyl halides is 3. The van der Waals surface area contributed by atoms with Crippen molar-refractivity contribution in [2.75, 3.05) is 24.2 Å². The summed E-state index contributed by atoms with van der Waals surface area (Å²) >= 11 is -0.162. The number of amides is 1. The minimum atomic E-state index is -4.27. The average molecular weight is 307 g/mol. The van der Waals surface area contributed by atoms with Gasteiger partial charge in [0, 0.05) is 30.7 Å². The third-order valence-corrected chi connectivity index (χ3v) is 2.96. The van der Waals surface area contributed by atoms with Crippen LogP contribution in [0.1, 0.15) is 23.8 Å². The number of pyridine rings is 1. The van der Waals surface area contributed by atoms with Gasteiger partial charge in [0.05, 0.1) is 0 Å². The Morgan fingerprint density at radius 1 is 1.40 bits per heavy atom. The van der Waals surface area contributed by atoms with Crippen molar-refractivity contribution in [3.05, 3.63) is 24.0 Å². The van der Waals surface area contributed by atoms with E-state index in [4.69, 9.17) is 0 Å². The molecular formula is C12H16F3N3OS. The molecule has 0 radical (unpaired) electrons. The first-order valence-corrected chi connectivity index (χ1v) is 7.09. The number of hydrogen-bond acceptors (Lipinski definition) is 4. The molecule has 0 bridgehead atoms. The van der Waals surface area contributed by atoms with E-state index < -0.39 is 11.4 Å². The van der Waals surface area contributed by atoms with Crippen molar-refractivity contribution in [2.24, 2.45) is 0 Å². The van der Waals surface area contributed by atoms with E-state index in [0.717, 1.165) is 18.7 Å². The molecule has 2 N–H and O–H groups in total. The Bertz CT molecular complexity index is 440. The minimum Gasteiger partial charge on any atom is -0.385 e. The Kier molecular flexibility index (Phi) is 6.63. The molecule has 0 aliphatic heterocycles. The third kappa shape index (κ3) is 6.65. The van der Waals surface area contributed by atoms with Gasteiger partial charge in [-0.25, -0.2) is 0 Å². The van der Waals surface area contributed by atoms with Gasteiger partial charge in [-0.05, 0) is 30.3 Å². The molecule has 0 spiro atoms. The fourth-order valence-corrected chi connectivity index (χ4v) is 1.79. The quantitative estimate of drug-likeness (QED) is 0.761. The normalized spacial score (nSPS) is 11.2. The Hall–Kier alpha value is -1.44. The molecular weight excluding hydrogens is 291 g/mol. The van der Waals surface area contributed by atoms with E-state index in [1.54, 1.807) is 12.1 Å². The molecule has 1 heterocycles. The van der Waals surface area contributed by atoms with Gasteiger partial charge in [0.25, 0.3) is 5.91 Å². The number of thioether (sulfide) groups is 1. The van der Waals surface area contributed by atoms with Crippen molar-refractivity contribution in [1.82, 2.24) is 10.3 Å². The maximum Gasteiger partial charge on any atom is 0.441 e. The van der Waals surface area contributed by atoms with Crippen LogP contribution in [0.4, 0.5) is 18.9 Å². The zero-order valence-corrected chi connectivity index (χ0v) is 11.8. The smallest absolute Gasteiger partial charge is 0.385 e. The zero-order valence-electron chi connectivity index (χ0n) is 11.0. The number of carbonyl (C=O) groups excluding carboxylic acids is 1. The number of aromatic nitrogens is 1. The van der Waals surface area contributed by atoms with Crippen LogP contribution in [0.5, 0.6) is 0 Å². The third-order valence-electron chi connectivity index (χ3n) is 2.23. The Labute approximate surface area is 119 Å². The molecule has 0 unspecified atom stereocenters. The fourth-order valence-electron chi connectivity index (χ4n) is 1.36. The second-order valence-corrected chi connectivity index (χ2v) is 5.07. The molecule has 0 aromatic carbocycles. The van der Waals surface area contributed by atoms with Crippen LogP contribution >= 0.6 is 11.8 Å². The molecule has 0 aliphatic carbocycles. The fraction of sp³-hybridized carbons (Fsp3) is 0.500. The number of anilines is 1. The molecule has 8 heteroatoms. The van der Waals surface area contributed by atoms with Gasteiger partial charge in [0.15, 0.2) is 0 Å². The SMILES string of the molecule is CCCNc1ccnc(C(=O)NCCSC(F)(F)F)c1. The predicted molar refractivity (Wildman–Crippen MR) is 73.9 cm³/mol. The van der Waals surface area contributed by atoms with Crippen LogP contribution in [0.15, 0.2) is 18.3 Å². The highest BCUT2D eigenvalue weighted by atomic mass is 32.2. The number of nitrogens with zero attached hydrogens (tertiary/aromatic N) is 1. The number of rotatable bonds is 7. The molecule has 4 nitrogen and oxygen atoms in total.